The molecule has 0 aliphatic rings. The van der Waals surface area contributed by atoms with Crippen molar-refractivity contribution in [1.82, 2.24) is 5.32 Å². The number of nitrogens with two attached hydrogens (primary N) is 1. The Bertz CT molecular complexity index is 219. The molecule has 0 atom stereocenters. The monoisotopic (exact) mass is 298 g/mol. The summed E-state index contributed by atoms with van der Waals surface area (Å²) in [6.45, 7) is 3.91. The van der Waals surface area contributed by atoms with Gasteiger partial charge in [0.15, 0.2) is 0 Å². The summed E-state index contributed by atoms with van der Waals surface area (Å²) in [6.07, 6.45) is 16.9. The highest BCUT2D eigenvalue weighted by Gasteiger charge is 2.00. The van der Waals surface area contributed by atoms with Gasteiger partial charge in [-0.15, -0.1) is 0 Å². The van der Waals surface area contributed by atoms with E-state index in [1.807, 2.05) is 0 Å². The summed E-state index contributed by atoms with van der Waals surface area (Å²) in [5.41, 5.74) is 5.46. The van der Waals surface area contributed by atoms with Gasteiger partial charge >= 0.3 is 0 Å². The molecule has 3 heteroatoms. The molecule has 0 saturated heterocycles. The van der Waals surface area contributed by atoms with Gasteiger partial charge in [-0.1, -0.05) is 71.1 Å². The van der Waals surface area contributed by atoms with Crippen LogP contribution in [0.1, 0.15) is 96.8 Å². The maximum Gasteiger partial charge on any atom is 0.219 e. The van der Waals surface area contributed by atoms with E-state index in [-0.39, 0.29) is 5.91 Å². The fraction of sp³-hybridized carbons (Fsp3) is 0.944. The molecule has 0 aromatic carbocycles. The van der Waals surface area contributed by atoms with Gasteiger partial charge in [-0.3, -0.25) is 4.79 Å². The van der Waals surface area contributed by atoms with Crippen LogP contribution >= 0.6 is 0 Å². The van der Waals surface area contributed by atoms with Crippen LogP contribution in [0.2, 0.25) is 0 Å². The second-order valence-electron chi connectivity index (χ2n) is 6.13. The zero-order valence-corrected chi connectivity index (χ0v) is 14.3. The first kappa shape index (κ1) is 20.4. The van der Waals surface area contributed by atoms with Gasteiger partial charge in [0.2, 0.25) is 5.91 Å². The molecule has 0 unspecified atom stereocenters. The highest BCUT2D eigenvalue weighted by molar-refractivity contribution is 5.75. The molecular weight excluding hydrogens is 260 g/mol. The van der Waals surface area contributed by atoms with Gasteiger partial charge in [0.1, 0.15) is 0 Å². The van der Waals surface area contributed by atoms with Crippen LogP contribution < -0.4 is 11.1 Å². The fourth-order valence-corrected chi connectivity index (χ4v) is 2.54. The Morgan fingerprint density at radius 3 is 1.90 bits per heavy atom. The Labute approximate surface area is 132 Å². The molecule has 0 heterocycles. The van der Waals surface area contributed by atoms with Crippen molar-refractivity contribution in [2.45, 2.75) is 96.8 Å². The lowest BCUT2D eigenvalue weighted by atomic mass is 10.1. The number of carbonyl (C=O) groups excluding carboxylic acids is 1. The smallest absolute Gasteiger partial charge is 0.219 e. The van der Waals surface area contributed by atoms with Crippen LogP contribution in [0.3, 0.4) is 0 Å². The maximum absolute atomic E-state index is 11.6. The molecule has 3 N–H and O–H groups in total. The van der Waals surface area contributed by atoms with Gasteiger partial charge in [0.25, 0.3) is 0 Å². The molecule has 0 fully saturated rings. The quantitative estimate of drug-likeness (QED) is 0.411. The minimum Gasteiger partial charge on any atom is -0.356 e. The molecule has 0 spiro atoms. The summed E-state index contributed by atoms with van der Waals surface area (Å²) in [5, 5.41) is 3.04. The normalized spacial score (nSPS) is 10.8. The number of rotatable bonds is 16. The molecule has 21 heavy (non-hydrogen) atoms. The largest absolute Gasteiger partial charge is 0.356 e. The van der Waals surface area contributed by atoms with Crippen molar-refractivity contribution in [3.8, 4) is 0 Å². The van der Waals surface area contributed by atoms with Gasteiger partial charge in [0, 0.05) is 13.0 Å². The third-order valence-corrected chi connectivity index (χ3v) is 3.96. The molecule has 0 saturated carbocycles. The predicted octanol–water partition coefficient (Wildman–Crippen LogP) is 4.54. The Morgan fingerprint density at radius 2 is 1.29 bits per heavy atom. The second kappa shape index (κ2) is 17.5. The summed E-state index contributed by atoms with van der Waals surface area (Å²) in [7, 11) is 0. The summed E-state index contributed by atoms with van der Waals surface area (Å²) < 4.78 is 0. The molecule has 126 valence electrons. The minimum atomic E-state index is 0.244. The Balaban J connectivity index is 3.12. The molecule has 0 rings (SSSR count). The van der Waals surface area contributed by atoms with E-state index in [1.165, 1.54) is 64.2 Å². The van der Waals surface area contributed by atoms with Gasteiger partial charge in [-0.05, 0) is 25.8 Å². The molecule has 0 radical (unpaired) electrons. The highest BCUT2D eigenvalue weighted by atomic mass is 16.1. The van der Waals surface area contributed by atoms with Crippen molar-refractivity contribution >= 4 is 5.91 Å². The maximum atomic E-state index is 11.6. The van der Waals surface area contributed by atoms with Crippen LogP contribution in [0.5, 0.6) is 0 Å². The van der Waals surface area contributed by atoms with Crippen molar-refractivity contribution in [3.05, 3.63) is 0 Å². The first-order valence-electron chi connectivity index (χ1n) is 9.28. The Kier molecular flexibility index (Phi) is 17.0. The average molecular weight is 299 g/mol. The van der Waals surface area contributed by atoms with Crippen LogP contribution in [-0.4, -0.2) is 19.0 Å². The Morgan fingerprint density at radius 1 is 0.762 bits per heavy atom. The van der Waals surface area contributed by atoms with E-state index in [0.29, 0.717) is 6.42 Å². The van der Waals surface area contributed by atoms with E-state index < -0.39 is 0 Å². The molecule has 0 bridgehead atoms. The predicted molar refractivity (Wildman–Crippen MR) is 92.4 cm³/mol. The van der Waals surface area contributed by atoms with Crippen LogP contribution in [0, 0.1) is 0 Å². The molecule has 0 aliphatic heterocycles. The van der Waals surface area contributed by atoms with Crippen LogP contribution in [0.25, 0.3) is 0 Å². The van der Waals surface area contributed by atoms with Gasteiger partial charge in [-0.25, -0.2) is 0 Å². The zero-order chi connectivity index (χ0) is 15.6. The molecule has 1 amide bonds. The van der Waals surface area contributed by atoms with E-state index in [4.69, 9.17) is 5.73 Å². The van der Waals surface area contributed by atoms with Gasteiger partial charge < -0.3 is 11.1 Å². The lowest BCUT2D eigenvalue weighted by Crippen LogP contribution is -2.23. The average Bonchev–Trinajstić information content (AvgIpc) is 2.49. The standard InChI is InChI=1S/C18H38N2O/c1-2-3-4-5-9-12-15-18(21)20-17-14-11-8-6-7-10-13-16-19/h2-17,19H2,1H3,(H,20,21). The van der Waals surface area contributed by atoms with Crippen LogP contribution in [0.4, 0.5) is 0 Å². The Hall–Kier alpha value is -0.570. The van der Waals surface area contributed by atoms with Crippen LogP contribution in [-0.2, 0) is 4.79 Å². The van der Waals surface area contributed by atoms with Crippen molar-refractivity contribution < 1.29 is 4.79 Å². The summed E-state index contributed by atoms with van der Waals surface area (Å²) in [5.74, 6) is 0.244. The lowest BCUT2D eigenvalue weighted by Gasteiger charge is -2.05. The lowest BCUT2D eigenvalue weighted by molar-refractivity contribution is -0.121. The molecule has 3 nitrogen and oxygen atoms in total. The number of carbonyl (C=O) groups is 1. The zero-order valence-electron chi connectivity index (χ0n) is 14.3. The molecular formula is C18H38N2O. The van der Waals surface area contributed by atoms with E-state index in [2.05, 4.69) is 12.2 Å². The number of hydrogen-bond acceptors (Lipinski definition) is 2. The first-order chi connectivity index (χ1) is 10.3. The number of hydrogen-bond donors (Lipinski definition) is 2. The molecule has 0 aliphatic carbocycles. The van der Waals surface area contributed by atoms with E-state index in [1.54, 1.807) is 0 Å². The molecule has 0 aromatic rings. The minimum absolute atomic E-state index is 0.244. The van der Waals surface area contributed by atoms with Gasteiger partial charge in [-0.2, -0.15) is 0 Å². The highest BCUT2D eigenvalue weighted by Crippen LogP contribution is 2.07. The van der Waals surface area contributed by atoms with Crippen LogP contribution in [0.15, 0.2) is 0 Å². The fourth-order valence-electron chi connectivity index (χ4n) is 2.54. The van der Waals surface area contributed by atoms with E-state index in [9.17, 15) is 4.79 Å². The molecule has 0 aromatic heterocycles. The SMILES string of the molecule is CCCCCCCCC(=O)NCCCCCCCCCN. The van der Waals surface area contributed by atoms with Crippen molar-refractivity contribution in [3.63, 3.8) is 0 Å². The topological polar surface area (TPSA) is 55.1 Å². The summed E-state index contributed by atoms with van der Waals surface area (Å²) in [4.78, 5) is 11.6. The number of nitrogens with one attached hydrogen (secondary N) is 1. The van der Waals surface area contributed by atoms with Gasteiger partial charge in [0.05, 0.1) is 0 Å². The number of unbranched alkanes of at least 4 members (excludes halogenated alkanes) is 11. The van der Waals surface area contributed by atoms with Crippen molar-refractivity contribution in [1.29, 1.82) is 0 Å². The number of amides is 1. The third kappa shape index (κ3) is 17.4. The van der Waals surface area contributed by atoms with Crippen molar-refractivity contribution in [2.24, 2.45) is 5.73 Å². The third-order valence-electron chi connectivity index (χ3n) is 3.96. The first-order valence-corrected chi connectivity index (χ1v) is 9.28. The van der Waals surface area contributed by atoms with E-state index >= 15 is 0 Å². The summed E-state index contributed by atoms with van der Waals surface area (Å²) >= 11 is 0. The summed E-state index contributed by atoms with van der Waals surface area (Å²) in [6, 6.07) is 0. The second-order valence-corrected chi connectivity index (χ2v) is 6.13. The van der Waals surface area contributed by atoms with E-state index in [0.717, 1.165) is 32.4 Å². The van der Waals surface area contributed by atoms with Crippen molar-refractivity contribution in [2.75, 3.05) is 13.1 Å².